The number of benzene rings is 2. The van der Waals surface area contributed by atoms with E-state index < -0.39 is 10.5 Å². The molecular formula is C25H18FN5O5S. The van der Waals surface area contributed by atoms with Gasteiger partial charge in [0.15, 0.2) is 11.2 Å². The Kier molecular flexibility index (Phi) is 5.15. The molecule has 37 heavy (non-hydrogen) atoms. The molecule has 3 aromatic heterocycles. The van der Waals surface area contributed by atoms with E-state index in [1.54, 1.807) is 30.3 Å². The third-order valence-corrected chi connectivity index (χ3v) is 6.93. The summed E-state index contributed by atoms with van der Waals surface area (Å²) in [7, 11) is -3.79. The average Bonchev–Trinajstić information content (AvgIpc) is 3.22. The van der Waals surface area contributed by atoms with Gasteiger partial charge in [-0.1, -0.05) is 9.95 Å². The third kappa shape index (κ3) is 3.76. The number of nitriles is 1. The van der Waals surface area contributed by atoms with Crippen LogP contribution in [0.4, 0.5) is 3.89 Å². The molecule has 0 unspecified atom stereocenters. The van der Waals surface area contributed by atoms with Crippen LogP contribution in [0, 0.1) is 11.3 Å². The summed E-state index contributed by atoms with van der Waals surface area (Å²) >= 11 is 0. The summed E-state index contributed by atoms with van der Waals surface area (Å²) in [6.45, 7) is 1.37. The molecule has 0 atom stereocenters. The van der Waals surface area contributed by atoms with Crippen molar-refractivity contribution in [3.05, 3.63) is 64.6 Å². The Labute approximate surface area is 209 Å². The van der Waals surface area contributed by atoms with Crippen molar-refractivity contribution in [3.8, 4) is 28.7 Å². The predicted octanol–water partition coefficient (Wildman–Crippen LogP) is 3.32. The summed E-state index contributed by atoms with van der Waals surface area (Å²) in [5, 5.41) is 14.2. The van der Waals surface area contributed by atoms with Crippen LogP contribution in [0.15, 0.2) is 53.6 Å². The number of halogens is 1. The Morgan fingerprint density at radius 2 is 1.97 bits per heavy atom. The summed E-state index contributed by atoms with van der Waals surface area (Å²) in [6.07, 6.45) is 2.53. The lowest BCUT2D eigenvalue weighted by Crippen LogP contribution is -2.44. The fourth-order valence-electron chi connectivity index (χ4n) is 4.82. The van der Waals surface area contributed by atoms with Gasteiger partial charge in [0.05, 0.1) is 47.3 Å². The molecule has 12 heteroatoms. The van der Waals surface area contributed by atoms with Crippen LogP contribution in [0.1, 0.15) is 11.6 Å². The molecule has 1 saturated heterocycles. The molecule has 186 valence electrons. The van der Waals surface area contributed by atoms with E-state index in [4.69, 9.17) is 4.74 Å². The number of nitrogens with one attached hydrogen (secondary N) is 2. The maximum absolute atomic E-state index is 13.8. The van der Waals surface area contributed by atoms with Gasteiger partial charge in [-0.25, -0.2) is 0 Å². The number of fused-ring (bicyclic) bond motifs is 4. The van der Waals surface area contributed by atoms with Gasteiger partial charge in [-0.2, -0.15) is 13.7 Å². The van der Waals surface area contributed by atoms with Gasteiger partial charge in [-0.3, -0.25) is 9.78 Å². The van der Waals surface area contributed by atoms with Crippen molar-refractivity contribution in [1.82, 2.24) is 19.9 Å². The van der Waals surface area contributed by atoms with Crippen LogP contribution in [-0.2, 0) is 10.5 Å². The van der Waals surface area contributed by atoms with E-state index in [1.807, 2.05) is 0 Å². The zero-order valence-electron chi connectivity index (χ0n) is 19.3. The third-order valence-electron chi connectivity index (χ3n) is 6.54. The van der Waals surface area contributed by atoms with Crippen LogP contribution in [0.2, 0.25) is 0 Å². The fraction of sp³-hybridized carbons (Fsp3) is 0.160. The molecule has 0 saturated carbocycles. The lowest BCUT2D eigenvalue weighted by Gasteiger charge is -2.32. The fourth-order valence-corrected chi connectivity index (χ4v) is 5.15. The molecule has 5 aromatic rings. The number of aromatic nitrogens is 3. The second kappa shape index (κ2) is 8.29. The second-order valence-electron chi connectivity index (χ2n) is 8.69. The number of rotatable bonds is 5. The van der Waals surface area contributed by atoms with E-state index in [1.165, 1.54) is 19.4 Å². The minimum absolute atomic E-state index is 0.0415. The normalized spacial score (nSPS) is 14.1. The number of H-pyrrole nitrogens is 1. The molecule has 0 spiro atoms. The van der Waals surface area contributed by atoms with Gasteiger partial charge in [0, 0.05) is 41.3 Å². The van der Waals surface area contributed by atoms with Gasteiger partial charge >= 0.3 is 10.5 Å². The molecule has 10 nitrogen and oxygen atoms in total. The van der Waals surface area contributed by atoms with Crippen molar-refractivity contribution in [2.75, 3.05) is 20.2 Å². The van der Waals surface area contributed by atoms with Crippen molar-refractivity contribution < 1.29 is 21.2 Å². The Bertz CT molecular complexity index is 1950. The van der Waals surface area contributed by atoms with E-state index in [9.17, 15) is 22.4 Å². The number of methoxy groups -OCH3 is 1. The molecule has 0 amide bonds. The maximum atomic E-state index is 13.8. The van der Waals surface area contributed by atoms with Crippen LogP contribution in [0.25, 0.3) is 44.0 Å². The summed E-state index contributed by atoms with van der Waals surface area (Å²) in [4.78, 5) is 21.1. The van der Waals surface area contributed by atoms with E-state index >= 15 is 0 Å². The van der Waals surface area contributed by atoms with Gasteiger partial charge < -0.3 is 23.8 Å². The van der Waals surface area contributed by atoms with Gasteiger partial charge in [0.25, 0.3) is 0 Å². The van der Waals surface area contributed by atoms with Crippen molar-refractivity contribution in [3.63, 3.8) is 0 Å². The van der Waals surface area contributed by atoms with Gasteiger partial charge in [-0.15, -0.1) is 0 Å². The number of ether oxygens (including phenoxy) is 1. The smallest absolute Gasteiger partial charge is 0.488 e. The molecule has 0 bridgehead atoms. The molecule has 0 aliphatic carbocycles. The van der Waals surface area contributed by atoms with Crippen LogP contribution in [-0.4, -0.2) is 43.2 Å². The Morgan fingerprint density at radius 3 is 2.65 bits per heavy atom. The van der Waals surface area contributed by atoms with Crippen LogP contribution < -0.4 is 19.7 Å². The first-order valence-electron chi connectivity index (χ1n) is 11.2. The Morgan fingerprint density at radius 1 is 1.16 bits per heavy atom. The van der Waals surface area contributed by atoms with E-state index in [0.29, 0.717) is 68.4 Å². The first-order chi connectivity index (χ1) is 17.8. The quantitative estimate of drug-likeness (QED) is 0.337. The highest BCUT2D eigenvalue weighted by Gasteiger charge is 2.26. The van der Waals surface area contributed by atoms with Crippen LogP contribution in [0.5, 0.6) is 11.5 Å². The largest absolute Gasteiger partial charge is 0.496 e. The molecule has 1 aliphatic heterocycles. The summed E-state index contributed by atoms with van der Waals surface area (Å²) in [6, 6.07) is 12.1. The van der Waals surface area contributed by atoms with Crippen molar-refractivity contribution >= 4 is 43.3 Å². The zero-order valence-corrected chi connectivity index (χ0v) is 20.1. The van der Waals surface area contributed by atoms with E-state index in [-0.39, 0.29) is 17.2 Å². The molecule has 0 radical (unpaired) electrons. The topological polar surface area (TPSA) is 139 Å². The highest BCUT2D eigenvalue weighted by atomic mass is 32.3. The standard InChI is InChI=1S/C25H18FN5O5S/c1-35-22-7-19-21(6-18(22)14-5-16(12-28-9-14)36-37(26,33)34)31(15-10-29-11-15)25-23(24(19)32)17-3-2-13(8-27)4-20(17)30-25/h2-7,9,12,15,29-30H,10-11H2,1H3. The maximum Gasteiger partial charge on any atom is 0.488 e. The predicted molar refractivity (Wildman–Crippen MR) is 135 cm³/mol. The van der Waals surface area contributed by atoms with Crippen LogP contribution in [0.3, 0.4) is 0 Å². The number of pyridine rings is 2. The van der Waals surface area contributed by atoms with Crippen molar-refractivity contribution in [1.29, 1.82) is 5.26 Å². The SMILES string of the molecule is COc1cc2c(=O)c3c4ccc(C#N)cc4[nH]c3n(C3CNC3)c2cc1-c1cncc(OS(=O)(=O)F)c1. The van der Waals surface area contributed by atoms with E-state index in [2.05, 4.69) is 30.1 Å². The zero-order chi connectivity index (χ0) is 25.9. The summed E-state index contributed by atoms with van der Waals surface area (Å²) in [5.41, 5.74) is 3.11. The van der Waals surface area contributed by atoms with Gasteiger partial charge in [-0.05, 0) is 30.3 Å². The molecule has 2 aromatic carbocycles. The first kappa shape index (κ1) is 23.0. The Hall–Kier alpha value is -4.47. The first-order valence-corrected chi connectivity index (χ1v) is 12.5. The number of aromatic amines is 1. The van der Waals surface area contributed by atoms with Gasteiger partial charge in [0.1, 0.15) is 11.4 Å². The lowest BCUT2D eigenvalue weighted by atomic mass is 10.0. The minimum atomic E-state index is -5.24. The lowest BCUT2D eigenvalue weighted by molar-refractivity contribution is 0.357. The number of hydrogen-bond donors (Lipinski definition) is 2. The van der Waals surface area contributed by atoms with Crippen molar-refractivity contribution in [2.24, 2.45) is 0 Å². The number of nitrogens with zero attached hydrogens (tertiary/aromatic N) is 3. The average molecular weight is 520 g/mol. The molecule has 1 aliphatic rings. The minimum Gasteiger partial charge on any atom is -0.496 e. The monoisotopic (exact) mass is 519 g/mol. The highest BCUT2D eigenvalue weighted by molar-refractivity contribution is 7.81. The highest BCUT2D eigenvalue weighted by Crippen LogP contribution is 2.38. The van der Waals surface area contributed by atoms with Crippen LogP contribution >= 0.6 is 0 Å². The molecular weight excluding hydrogens is 501 g/mol. The van der Waals surface area contributed by atoms with Gasteiger partial charge in [0.2, 0.25) is 0 Å². The van der Waals surface area contributed by atoms with Crippen molar-refractivity contribution in [2.45, 2.75) is 6.04 Å². The molecule has 1 fully saturated rings. The number of hydrogen-bond acceptors (Lipinski definition) is 8. The molecule has 2 N–H and O–H groups in total. The Balaban J connectivity index is 1.68. The second-order valence-corrected chi connectivity index (χ2v) is 9.64. The summed E-state index contributed by atoms with van der Waals surface area (Å²) in [5.74, 6) is 0.0398. The van der Waals surface area contributed by atoms with E-state index in [0.717, 1.165) is 6.20 Å². The molecule has 4 heterocycles. The summed E-state index contributed by atoms with van der Waals surface area (Å²) < 4.78 is 47.1. The molecule has 6 rings (SSSR count).